The molecule has 0 fully saturated rings. The second kappa shape index (κ2) is 4.93. The topological polar surface area (TPSA) is 22.1 Å². The van der Waals surface area contributed by atoms with Crippen LogP contribution < -0.4 is 4.74 Å². The zero-order valence-corrected chi connectivity index (χ0v) is 11.4. The normalized spacial score (nSPS) is 10.8. The van der Waals surface area contributed by atoms with Gasteiger partial charge in [0, 0.05) is 10.9 Å². The van der Waals surface area contributed by atoms with Gasteiger partial charge in [-0.1, -0.05) is 30.3 Å². The lowest BCUT2D eigenvalue weighted by molar-refractivity contribution is 0.415. The van der Waals surface area contributed by atoms with Crippen LogP contribution >= 0.6 is 0 Å². The van der Waals surface area contributed by atoms with Crippen molar-refractivity contribution in [2.75, 3.05) is 7.11 Å². The molecule has 0 spiro atoms. The molecule has 0 unspecified atom stereocenters. The van der Waals surface area contributed by atoms with Crippen molar-refractivity contribution in [1.82, 2.24) is 4.98 Å². The number of pyridine rings is 1. The predicted molar refractivity (Wildman–Crippen MR) is 78.4 cm³/mol. The summed E-state index contributed by atoms with van der Waals surface area (Å²) in [6, 6.07) is 14.4. The fourth-order valence-corrected chi connectivity index (χ4v) is 2.33. The predicted octanol–water partition coefficient (Wildman–Crippen LogP) is 4.36. The van der Waals surface area contributed by atoms with Gasteiger partial charge in [0.1, 0.15) is 17.3 Å². The highest BCUT2D eigenvalue weighted by Crippen LogP contribution is 2.33. The summed E-state index contributed by atoms with van der Waals surface area (Å²) in [6.07, 6.45) is 0. The Morgan fingerprint density at radius 1 is 1.05 bits per heavy atom. The van der Waals surface area contributed by atoms with Crippen molar-refractivity contribution < 1.29 is 9.13 Å². The fraction of sp³-hybridized carbons (Fsp3) is 0.118. The van der Waals surface area contributed by atoms with E-state index in [9.17, 15) is 4.39 Å². The fourth-order valence-electron chi connectivity index (χ4n) is 2.33. The highest BCUT2D eigenvalue weighted by molar-refractivity contribution is 5.87. The third-order valence-electron chi connectivity index (χ3n) is 3.36. The quantitative estimate of drug-likeness (QED) is 0.688. The van der Waals surface area contributed by atoms with E-state index in [4.69, 9.17) is 4.74 Å². The van der Waals surface area contributed by atoms with Gasteiger partial charge in [0.05, 0.1) is 12.6 Å². The molecule has 0 saturated carbocycles. The molecule has 20 heavy (non-hydrogen) atoms. The molecule has 0 aliphatic heterocycles. The molecule has 2 aromatic carbocycles. The first-order chi connectivity index (χ1) is 9.70. The van der Waals surface area contributed by atoms with Crippen molar-refractivity contribution >= 4 is 10.9 Å². The van der Waals surface area contributed by atoms with Crippen molar-refractivity contribution in [1.29, 1.82) is 0 Å². The van der Waals surface area contributed by atoms with Gasteiger partial charge in [-0.05, 0) is 30.7 Å². The third kappa shape index (κ3) is 2.01. The molecule has 0 amide bonds. The van der Waals surface area contributed by atoms with Gasteiger partial charge in [0.25, 0.3) is 0 Å². The summed E-state index contributed by atoms with van der Waals surface area (Å²) in [6.45, 7) is 1.99. The lowest BCUT2D eigenvalue weighted by atomic mass is 10.1. The largest absolute Gasteiger partial charge is 0.494 e. The number of rotatable bonds is 2. The molecule has 1 heterocycles. The van der Waals surface area contributed by atoms with Crippen molar-refractivity contribution in [3.63, 3.8) is 0 Å². The highest BCUT2D eigenvalue weighted by Gasteiger charge is 2.14. The second-order valence-corrected chi connectivity index (χ2v) is 4.67. The Morgan fingerprint density at radius 3 is 2.60 bits per heavy atom. The van der Waals surface area contributed by atoms with Gasteiger partial charge < -0.3 is 4.74 Å². The van der Waals surface area contributed by atoms with Crippen molar-refractivity contribution in [3.8, 4) is 17.0 Å². The monoisotopic (exact) mass is 267 g/mol. The smallest absolute Gasteiger partial charge is 0.145 e. The second-order valence-electron chi connectivity index (χ2n) is 4.67. The van der Waals surface area contributed by atoms with Crippen LogP contribution in [0, 0.1) is 12.7 Å². The first-order valence-corrected chi connectivity index (χ1v) is 6.40. The number of aromatic nitrogens is 1. The Morgan fingerprint density at radius 2 is 1.85 bits per heavy atom. The number of hydrogen-bond donors (Lipinski definition) is 0. The molecular weight excluding hydrogens is 253 g/mol. The zero-order chi connectivity index (χ0) is 14.1. The van der Waals surface area contributed by atoms with E-state index in [1.165, 1.54) is 6.07 Å². The van der Waals surface area contributed by atoms with Crippen LogP contribution in [0.15, 0.2) is 48.5 Å². The Labute approximate surface area is 116 Å². The molecule has 0 aliphatic rings. The molecule has 3 aromatic rings. The van der Waals surface area contributed by atoms with Crippen LogP contribution in [-0.2, 0) is 0 Å². The SMILES string of the molecule is COc1cc2cccc(C)c2nc1-c1ccccc1F. The molecule has 0 saturated heterocycles. The maximum Gasteiger partial charge on any atom is 0.145 e. The number of aryl methyl sites for hydroxylation is 1. The summed E-state index contributed by atoms with van der Waals surface area (Å²) in [4.78, 5) is 4.61. The molecule has 1 aromatic heterocycles. The van der Waals surface area contributed by atoms with Crippen LogP contribution in [0.4, 0.5) is 4.39 Å². The van der Waals surface area contributed by atoms with E-state index in [2.05, 4.69) is 4.98 Å². The van der Waals surface area contributed by atoms with E-state index in [1.54, 1.807) is 25.3 Å². The molecule has 0 radical (unpaired) electrons. The van der Waals surface area contributed by atoms with E-state index in [-0.39, 0.29) is 5.82 Å². The first kappa shape index (κ1) is 12.6. The van der Waals surface area contributed by atoms with E-state index in [0.717, 1.165) is 16.5 Å². The number of para-hydroxylation sites is 1. The highest BCUT2D eigenvalue weighted by atomic mass is 19.1. The number of nitrogens with zero attached hydrogens (tertiary/aromatic N) is 1. The lowest BCUT2D eigenvalue weighted by Gasteiger charge is -2.11. The number of benzene rings is 2. The van der Waals surface area contributed by atoms with E-state index in [0.29, 0.717) is 17.0 Å². The molecule has 0 aliphatic carbocycles. The summed E-state index contributed by atoms with van der Waals surface area (Å²) in [5.41, 5.74) is 2.91. The van der Waals surface area contributed by atoms with E-state index in [1.807, 2.05) is 31.2 Å². The average Bonchev–Trinajstić information content (AvgIpc) is 2.47. The number of halogens is 1. The summed E-state index contributed by atoms with van der Waals surface area (Å²) >= 11 is 0. The molecule has 3 heteroatoms. The van der Waals surface area contributed by atoms with Gasteiger partial charge in [-0.3, -0.25) is 0 Å². The van der Waals surface area contributed by atoms with E-state index < -0.39 is 0 Å². The Balaban J connectivity index is 2.34. The Kier molecular flexibility index (Phi) is 3.11. The van der Waals surface area contributed by atoms with Crippen molar-refractivity contribution in [2.24, 2.45) is 0 Å². The van der Waals surface area contributed by atoms with Gasteiger partial charge in [0.2, 0.25) is 0 Å². The van der Waals surface area contributed by atoms with Crippen LogP contribution in [0.2, 0.25) is 0 Å². The number of methoxy groups -OCH3 is 1. The standard InChI is InChI=1S/C17H14FNO/c1-11-6-5-7-12-10-15(20-2)17(19-16(11)12)13-8-3-4-9-14(13)18/h3-10H,1-2H3. The summed E-state index contributed by atoms with van der Waals surface area (Å²) in [5, 5.41) is 0.988. The Hall–Kier alpha value is -2.42. The number of hydrogen-bond acceptors (Lipinski definition) is 2. The van der Waals surface area contributed by atoms with Crippen LogP contribution in [0.25, 0.3) is 22.2 Å². The average molecular weight is 267 g/mol. The molecule has 3 rings (SSSR count). The first-order valence-electron chi connectivity index (χ1n) is 6.40. The molecular formula is C17H14FNO. The van der Waals surface area contributed by atoms with Crippen molar-refractivity contribution in [2.45, 2.75) is 6.92 Å². The van der Waals surface area contributed by atoms with Crippen molar-refractivity contribution in [3.05, 3.63) is 59.9 Å². The zero-order valence-electron chi connectivity index (χ0n) is 11.4. The minimum atomic E-state index is -0.300. The van der Waals surface area contributed by atoms with Gasteiger partial charge in [-0.2, -0.15) is 0 Å². The minimum Gasteiger partial charge on any atom is -0.494 e. The maximum atomic E-state index is 14.0. The van der Waals surface area contributed by atoms with E-state index >= 15 is 0 Å². The molecule has 2 nitrogen and oxygen atoms in total. The van der Waals surface area contributed by atoms with Gasteiger partial charge >= 0.3 is 0 Å². The Bertz CT molecular complexity index is 783. The van der Waals surface area contributed by atoms with Gasteiger partial charge in [0.15, 0.2) is 0 Å². The maximum absolute atomic E-state index is 14.0. The van der Waals surface area contributed by atoms with Crippen LogP contribution in [-0.4, -0.2) is 12.1 Å². The molecule has 0 bridgehead atoms. The lowest BCUT2D eigenvalue weighted by Crippen LogP contribution is -1.95. The molecule has 100 valence electrons. The van der Waals surface area contributed by atoms with Crippen LogP contribution in [0.3, 0.4) is 0 Å². The van der Waals surface area contributed by atoms with Crippen LogP contribution in [0.5, 0.6) is 5.75 Å². The summed E-state index contributed by atoms with van der Waals surface area (Å²) < 4.78 is 19.4. The van der Waals surface area contributed by atoms with Crippen LogP contribution in [0.1, 0.15) is 5.56 Å². The summed E-state index contributed by atoms with van der Waals surface area (Å²) in [7, 11) is 1.57. The molecule has 0 N–H and O–H groups in total. The number of fused-ring (bicyclic) bond motifs is 1. The van der Waals surface area contributed by atoms with Gasteiger partial charge in [-0.25, -0.2) is 9.37 Å². The third-order valence-corrected chi connectivity index (χ3v) is 3.36. The van der Waals surface area contributed by atoms with Gasteiger partial charge in [-0.15, -0.1) is 0 Å². The number of ether oxygens (including phenoxy) is 1. The molecule has 0 atom stereocenters. The summed E-state index contributed by atoms with van der Waals surface area (Å²) in [5.74, 6) is 0.277. The minimum absolute atomic E-state index is 0.300.